The number of carbonyl (C=O) groups is 1. The summed E-state index contributed by atoms with van der Waals surface area (Å²) in [6.07, 6.45) is 1.77. The van der Waals surface area contributed by atoms with Crippen LogP contribution in [0.5, 0.6) is 17.2 Å². The van der Waals surface area contributed by atoms with Gasteiger partial charge in [-0.25, -0.2) is 9.79 Å². The monoisotopic (exact) mass is 872 g/mol. The van der Waals surface area contributed by atoms with Crippen LogP contribution in [0.2, 0.25) is 10.0 Å². The maximum Gasteiger partial charge on any atom is 0.338 e. The van der Waals surface area contributed by atoms with Gasteiger partial charge in [0.2, 0.25) is 0 Å². The number of halogens is 5. The van der Waals surface area contributed by atoms with Crippen molar-refractivity contribution in [1.29, 1.82) is 0 Å². The van der Waals surface area contributed by atoms with Gasteiger partial charge in [0.1, 0.15) is 12.4 Å². The molecule has 46 heavy (non-hydrogen) atoms. The molecule has 0 radical (unpaired) electrons. The number of thiazole rings is 1. The molecule has 3 aromatic carbocycles. The van der Waals surface area contributed by atoms with Crippen LogP contribution in [0.15, 0.2) is 76.9 Å². The van der Waals surface area contributed by atoms with Gasteiger partial charge in [-0.15, -0.1) is 0 Å². The molecule has 14 heteroatoms. The van der Waals surface area contributed by atoms with E-state index in [0.29, 0.717) is 61.3 Å². The van der Waals surface area contributed by atoms with Crippen LogP contribution < -0.4 is 29.1 Å². The molecule has 0 N–H and O–H groups in total. The Balaban J connectivity index is 1.60. The molecule has 1 aliphatic rings. The number of carbonyl (C=O) groups excluding carboxylic acids is 1. The summed E-state index contributed by atoms with van der Waals surface area (Å²) >= 11 is 24.4. The second kappa shape index (κ2) is 14.7. The van der Waals surface area contributed by atoms with E-state index in [4.69, 9.17) is 42.1 Å². The molecule has 0 aliphatic carbocycles. The third-order valence-electron chi connectivity index (χ3n) is 7.02. The minimum Gasteiger partial charge on any atom is -0.493 e. The number of esters is 1. The van der Waals surface area contributed by atoms with Crippen molar-refractivity contribution >= 4 is 94.4 Å². The number of hydrogen-bond donors (Lipinski definition) is 0. The van der Waals surface area contributed by atoms with Crippen molar-refractivity contribution < 1.29 is 23.7 Å². The predicted molar refractivity (Wildman–Crippen MR) is 190 cm³/mol. The summed E-state index contributed by atoms with van der Waals surface area (Å²) in [6, 6.07) is 11.6. The molecule has 1 aromatic heterocycles. The van der Waals surface area contributed by atoms with Crippen molar-refractivity contribution in [3.05, 3.63) is 114 Å². The van der Waals surface area contributed by atoms with E-state index < -0.39 is 12.0 Å². The summed E-state index contributed by atoms with van der Waals surface area (Å²) in [7, 11) is 3.06. The van der Waals surface area contributed by atoms with E-state index in [1.807, 2.05) is 18.2 Å². The van der Waals surface area contributed by atoms with Crippen molar-refractivity contribution in [2.45, 2.75) is 26.5 Å². The van der Waals surface area contributed by atoms with Gasteiger partial charge in [-0.3, -0.25) is 9.36 Å². The first-order chi connectivity index (χ1) is 22.0. The Morgan fingerprint density at radius 3 is 2.33 bits per heavy atom. The first-order valence-corrected chi connectivity index (χ1v) is 17.6. The molecule has 240 valence electrons. The molecule has 2 heterocycles. The van der Waals surface area contributed by atoms with Crippen LogP contribution >= 0.6 is 82.3 Å². The zero-order chi connectivity index (χ0) is 33.3. The number of methoxy groups -OCH3 is 2. The third-order valence-corrected chi connectivity index (χ3v) is 10.5. The quantitative estimate of drug-likeness (QED) is 0.159. The average Bonchev–Trinajstić information content (AvgIpc) is 3.30. The van der Waals surface area contributed by atoms with E-state index in [9.17, 15) is 9.59 Å². The van der Waals surface area contributed by atoms with Crippen LogP contribution in [0.25, 0.3) is 6.08 Å². The molecule has 8 nitrogen and oxygen atoms in total. The fraction of sp³-hybridized carbons (Fsp3) is 0.219. The van der Waals surface area contributed by atoms with Gasteiger partial charge in [-0.1, -0.05) is 56.5 Å². The number of nitrogens with zero attached hydrogens (tertiary/aromatic N) is 2. The Hall–Kier alpha value is -2.61. The molecule has 0 bridgehead atoms. The van der Waals surface area contributed by atoms with Gasteiger partial charge in [-0.2, -0.15) is 0 Å². The van der Waals surface area contributed by atoms with E-state index in [1.54, 1.807) is 44.2 Å². The predicted octanol–water partition coefficient (Wildman–Crippen LogP) is 7.99. The molecule has 0 spiro atoms. The number of allylic oxidation sites excluding steroid dienone is 1. The number of fused-ring (bicyclic) bond motifs is 1. The molecule has 0 saturated heterocycles. The van der Waals surface area contributed by atoms with Gasteiger partial charge in [0.05, 0.1) is 51.6 Å². The summed E-state index contributed by atoms with van der Waals surface area (Å²) in [4.78, 5) is 32.6. The second-order valence-electron chi connectivity index (χ2n) is 9.87. The van der Waals surface area contributed by atoms with Crippen molar-refractivity contribution in [3.8, 4) is 17.2 Å². The molecule has 0 fully saturated rings. The molecule has 0 amide bonds. The largest absolute Gasteiger partial charge is 0.493 e. The van der Waals surface area contributed by atoms with Crippen molar-refractivity contribution in [2.24, 2.45) is 4.99 Å². The van der Waals surface area contributed by atoms with Gasteiger partial charge in [-0.05, 0) is 99.3 Å². The number of hydrogen-bond acceptors (Lipinski definition) is 8. The molecule has 4 aromatic rings. The van der Waals surface area contributed by atoms with Crippen molar-refractivity contribution in [3.63, 3.8) is 0 Å². The highest BCUT2D eigenvalue weighted by atomic mass is 79.9. The van der Waals surface area contributed by atoms with Gasteiger partial charge in [0.15, 0.2) is 16.3 Å². The van der Waals surface area contributed by atoms with Crippen LogP contribution in [0.4, 0.5) is 0 Å². The lowest BCUT2D eigenvalue weighted by Crippen LogP contribution is -2.40. The normalized spacial score (nSPS) is 14.5. The molecular weight excluding hydrogens is 851 g/mol. The highest BCUT2D eigenvalue weighted by Crippen LogP contribution is 2.41. The fourth-order valence-electron chi connectivity index (χ4n) is 4.91. The molecule has 5 rings (SSSR count). The van der Waals surface area contributed by atoms with Crippen LogP contribution in [0.3, 0.4) is 0 Å². The molecule has 0 saturated carbocycles. The molecular formula is C32H25Br3Cl2N2O6S. The standard InChI is InChI=1S/C32H25Br3Cl2N2O6S/c1-5-44-31(41)27-15(2)38-32-39(28(27)19-12-24(42-3)25(43-4)13-20(19)33)30(40)26(46-32)10-16-8-21(34)29(22(35)9-16)45-14-17-6-7-18(36)11-23(17)37/h6-13,28H,5,14H2,1-4H3/b26-10-/t28-/m0/s1. The van der Waals surface area contributed by atoms with E-state index in [1.165, 1.54) is 30.1 Å². The summed E-state index contributed by atoms with van der Waals surface area (Å²) in [6.45, 7) is 3.84. The average molecular weight is 876 g/mol. The number of benzene rings is 3. The Morgan fingerprint density at radius 2 is 1.70 bits per heavy atom. The topological polar surface area (TPSA) is 88.4 Å². The summed E-state index contributed by atoms with van der Waals surface area (Å²) in [5.41, 5.74) is 2.49. The summed E-state index contributed by atoms with van der Waals surface area (Å²) in [5, 5.41) is 1.05. The van der Waals surface area contributed by atoms with E-state index >= 15 is 0 Å². The lowest BCUT2D eigenvalue weighted by Gasteiger charge is -2.26. The number of rotatable bonds is 9. The molecule has 0 unspecified atom stereocenters. The summed E-state index contributed by atoms with van der Waals surface area (Å²) < 4.78 is 26.4. The van der Waals surface area contributed by atoms with Gasteiger partial charge in [0.25, 0.3) is 5.56 Å². The highest BCUT2D eigenvalue weighted by Gasteiger charge is 2.35. The minimum absolute atomic E-state index is 0.163. The van der Waals surface area contributed by atoms with Gasteiger partial charge >= 0.3 is 5.97 Å². The SMILES string of the molecule is CCOC(=O)C1=C(C)N=c2s/c(=C\c3cc(Br)c(OCc4ccc(Cl)cc4Cl)c(Br)c3)c(=O)n2[C@H]1c1cc(OC)c(OC)cc1Br. The summed E-state index contributed by atoms with van der Waals surface area (Å²) in [5.74, 6) is 0.936. The van der Waals surface area contributed by atoms with E-state index in [0.717, 1.165) is 11.1 Å². The smallest absolute Gasteiger partial charge is 0.338 e. The van der Waals surface area contributed by atoms with E-state index in [-0.39, 0.29) is 24.3 Å². The molecule has 1 aliphatic heterocycles. The lowest BCUT2D eigenvalue weighted by molar-refractivity contribution is -0.139. The van der Waals surface area contributed by atoms with Gasteiger partial charge < -0.3 is 18.9 Å². The second-order valence-corrected chi connectivity index (χ2v) is 14.3. The maximum atomic E-state index is 14.1. The lowest BCUT2D eigenvalue weighted by atomic mass is 9.95. The molecule has 1 atom stereocenters. The van der Waals surface area contributed by atoms with E-state index in [2.05, 4.69) is 52.8 Å². The number of aromatic nitrogens is 1. The Bertz CT molecular complexity index is 2060. The van der Waals surface area contributed by atoms with Crippen LogP contribution in [0.1, 0.15) is 36.6 Å². The first kappa shape index (κ1) is 34.7. The maximum absolute atomic E-state index is 14.1. The van der Waals surface area contributed by atoms with Crippen molar-refractivity contribution in [1.82, 2.24) is 4.57 Å². The van der Waals surface area contributed by atoms with Crippen LogP contribution in [-0.4, -0.2) is 31.4 Å². The fourth-order valence-corrected chi connectivity index (χ4v) is 8.41. The van der Waals surface area contributed by atoms with Crippen LogP contribution in [-0.2, 0) is 16.1 Å². The van der Waals surface area contributed by atoms with Gasteiger partial charge in [0, 0.05) is 20.1 Å². The zero-order valence-corrected chi connectivity index (χ0v) is 31.8. The Labute approximate surface area is 303 Å². The zero-order valence-electron chi connectivity index (χ0n) is 24.8. The number of ether oxygens (including phenoxy) is 4. The Morgan fingerprint density at radius 1 is 1.02 bits per heavy atom. The first-order valence-electron chi connectivity index (χ1n) is 13.6. The highest BCUT2D eigenvalue weighted by molar-refractivity contribution is 9.11. The third kappa shape index (κ3) is 6.97. The minimum atomic E-state index is -0.847. The Kier molecular flexibility index (Phi) is 11.1. The van der Waals surface area contributed by atoms with Crippen LogP contribution in [0, 0.1) is 0 Å². The van der Waals surface area contributed by atoms with Crippen molar-refractivity contribution in [2.75, 3.05) is 20.8 Å².